The second-order valence-electron chi connectivity index (χ2n) is 8.69. The minimum atomic E-state index is -3.47. The molecule has 2 saturated heterocycles. The van der Waals surface area contributed by atoms with Gasteiger partial charge >= 0.3 is 0 Å². The lowest BCUT2D eigenvalue weighted by Gasteiger charge is -2.38. The summed E-state index contributed by atoms with van der Waals surface area (Å²) in [6.45, 7) is 3.87. The normalized spacial score (nSPS) is 24.8. The number of piperidine rings is 2. The molecule has 0 aromatic heterocycles. The van der Waals surface area contributed by atoms with Crippen LogP contribution in [-0.2, 0) is 27.7 Å². The van der Waals surface area contributed by atoms with Gasteiger partial charge in [-0.2, -0.15) is 4.31 Å². The molecule has 6 heteroatoms. The van der Waals surface area contributed by atoms with Crippen molar-refractivity contribution in [3.05, 3.63) is 29.3 Å². The molecule has 2 heterocycles. The Balaban J connectivity index is 1.42. The third-order valence-corrected chi connectivity index (χ3v) is 8.74. The molecule has 28 heavy (non-hydrogen) atoms. The molecule has 2 fully saturated rings. The van der Waals surface area contributed by atoms with Gasteiger partial charge in [0.25, 0.3) is 0 Å². The van der Waals surface area contributed by atoms with E-state index < -0.39 is 10.0 Å². The molecule has 154 valence electrons. The number of carbonyl (C=O) groups excluding carboxylic acids is 1. The molecule has 0 saturated carbocycles. The SMILES string of the molecule is CC1CCCCN1C(=O)C1CCN(S(=O)(=O)c2ccc3c(c2)CCCC3)CC1. The highest BCUT2D eigenvalue weighted by atomic mass is 32.2. The van der Waals surface area contributed by atoms with Crippen LogP contribution >= 0.6 is 0 Å². The maximum atomic E-state index is 13.1. The molecule has 0 spiro atoms. The number of fused-ring (bicyclic) bond motifs is 1. The van der Waals surface area contributed by atoms with Crippen molar-refractivity contribution in [3.8, 4) is 0 Å². The topological polar surface area (TPSA) is 57.7 Å². The van der Waals surface area contributed by atoms with Gasteiger partial charge in [-0.3, -0.25) is 4.79 Å². The summed E-state index contributed by atoms with van der Waals surface area (Å²) in [6, 6.07) is 5.97. The van der Waals surface area contributed by atoms with E-state index in [-0.39, 0.29) is 11.8 Å². The van der Waals surface area contributed by atoms with Crippen LogP contribution in [0.25, 0.3) is 0 Å². The van der Waals surface area contributed by atoms with Crippen molar-refractivity contribution < 1.29 is 13.2 Å². The zero-order valence-corrected chi connectivity index (χ0v) is 17.7. The van der Waals surface area contributed by atoms with Crippen LogP contribution < -0.4 is 0 Å². The number of hydrogen-bond donors (Lipinski definition) is 0. The van der Waals surface area contributed by atoms with Gasteiger partial charge in [0, 0.05) is 31.6 Å². The summed E-state index contributed by atoms with van der Waals surface area (Å²) in [5.41, 5.74) is 2.49. The second-order valence-corrected chi connectivity index (χ2v) is 10.6. The van der Waals surface area contributed by atoms with E-state index in [1.165, 1.54) is 24.0 Å². The number of hydrogen-bond acceptors (Lipinski definition) is 3. The fourth-order valence-electron chi connectivity index (χ4n) is 5.02. The van der Waals surface area contributed by atoms with Crippen molar-refractivity contribution in [1.82, 2.24) is 9.21 Å². The van der Waals surface area contributed by atoms with Gasteiger partial charge in [0.1, 0.15) is 0 Å². The molecule has 0 N–H and O–H groups in total. The van der Waals surface area contributed by atoms with Crippen LogP contribution in [0.4, 0.5) is 0 Å². The van der Waals surface area contributed by atoms with Crippen LogP contribution in [0, 0.1) is 5.92 Å². The lowest BCUT2D eigenvalue weighted by atomic mass is 9.92. The van der Waals surface area contributed by atoms with Crippen molar-refractivity contribution in [1.29, 1.82) is 0 Å². The van der Waals surface area contributed by atoms with Gasteiger partial charge < -0.3 is 4.90 Å². The highest BCUT2D eigenvalue weighted by molar-refractivity contribution is 7.89. The van der Waals surface area contributed by atoms with Crippen LogP contribution in [0.3, 0.4) is 0 Å². The van der Waals surface area contributed by atoms with E-state index in [0.29, 0.717) is 36.9 Å². The Morgan fingerprint density at radius 2 is 1.64 bits per heavy atom. The summed E-state index contributed by atoms with van der Waals surface area (Å²) in [4.78, 5) is 15.4. The highest BCUT2D eigenvalue weighted by Gasteiger charge is 2.35. The zero-order valence-electron chi connectivity index (χ0n) is 16.9. The van der Waals surface area contributed by atoms with Crippen molar-refractivity contribution in [2.75, 3.05) is 19.6 Å². The van der Waals surface area contributed by atoms with Crippen molar-refractivity contribution >= 4 is 15.9 Å². The van der Waals surface area contributed by atoms with Gasteiger partial charge in [-0.1, -0.05) is 6.07 Å². The predicted octanol–water partition coefficient (Wildman–Crippen LogP) is 3.37. The fourth-order valence-corrected chi connectivity index (χ4v) is 6.54. The van der Waals surface area contributed by atoms with Gasteiger partial charge in [-0.05, 0) is 88.0 Å². The van der Waals surface area contributed by atoms with E-state index in [1.807, 2.05) is 17.0 Å². The van der Waals surface area contributed by atoms with Gasteiger partial charge in [0.15, 0.2) is 0 Å². The molecule has 1 aromatic rings. The number of amides is 1. The smallest absolute Gasteiger partial charge is 0.243 e. The summed E-state index contributed by atoms with van der Waals surface area (Å²) in [5.74, 6) is 0.202. The third kappa shape index (κ3) is 3.86. The first-order valence-corrected chi connectivity index (χ1v) is 12.3. The first-order valence-electron chi connectivity index (χ1n) is 10.9. The molecule has 1 unspecified atom stereocenters. The number of sulfonamides is 1. The van der Waals surface area contributed by atoms with Crippen LogP contribution in [0.2, 0.25) is 0 Å². The quantitative estimate of drug-likeness (QED) is 0.776. The van der Waals surface area contributed by atoms with Gasteiger partial charge in [-0.15, -0.1) is 0 Å². The van der Waals surface area contributed by atoms with E-state index in [4.69, 9.17) is 0 Å². The van der Waals surface area contributed by atoms with E-state index in [2.05, 4.69) is 6.92 Å². The number of likely N-dealkylation sites (tertiary alicyclic amines) is 1. The lowest BCUT2D eigenvalue weighted by molar-refractivity contribution is -0.140. The van der Waals surface area contributed by atoms with Crippen molar-refractivity contribution in [3.63, 3.8) is 0 Å². The predicted molar refractivity (Wildman–Crippen MR) is 110 cm³/mol. The Morgan fingerprint density at radius 3 is 2.36 bits per heavy atom. The van der Waals surface area contributed by atoms with Crippen molar-refractivity contribution in [2.24, 2.45) is 5.92 Å². The Kier molecular flexibility index (Phi) is 5.79. The largest absolute Gasteiger partial charge is 0.340 e. The number of rotatable bonds is 3. The summed E-state index contributed by atoms with van der Waals surface area (Å²) in [6.07, 6.45) is 8.98. The van der Waals surface area contributed by atoms with E-state index in [0.717, 1.165) is 38.6 Å². The zero-order chi connectivity index (χ0) is 19.7. The number of carbonyl (C=O) groups is 1. The monoisotopic (exact) mass is 404 g/mol. The molecular weight excluding hydrogens is 372 g/mol. The van der Waals surface area contributed by atoms with E-state index >= 15 is 0 Å². The molecular formula is C22H32N2O3S. The molecule has 1 aromatic carbocycles. The Bertz CT molecular complexity index is 828. The van der Waals surface area contributed by atoms with Crippen LogP contribution in [-0.4, -0.2) is 49.2 Å². The lowest BCUT2D eigenvalue weighted by Crippen LogP contribution is -2.48. The van der Waals surface area contributed by atoms with Crippen LogP contribution in [0.5, 0.6) is 0 Å². The molecule has 0 bridgehead atoms. The maximum absolute atomic E-state index is 13.1. The summed E-state index contributed by atoms with van der Waals surface area (Å²) in [7, 11) is -3.47. The summed E-state index contributed by atoms with van der Waals surface area (Å²) in [5, 5.41) is 0. The minimum absolute atomic E-state index is 0.0319. The maximum Gasteiger partial charge on any atom is 0.243 e. The van der Waals surface area contributed by atoms with E-state index in [1.54, 1.807) is 10.4 Å². The average molecular weight is 405 g/mol. The number of benzene rings is 1. The first kappa shape index (κ1) is 19.9. The molecule has 3 aliphatic rings. The van der Waals surface area contributed by atoms with Crippen molar-refractivity contribution in [2.45, 2.75) is 75.6 Å². The average Bonchev–Trinajstić information content (AvgIpc) is 2.73. The molecule has 1 amide bonds. The highest BCUT2D eigenvalue weighted by Crippen LogP contribution is 2.29. The Hall–Kier alpha value is -1.40. The summed E-state index contributed by atoms with van der Waals surface area (Å²) >= 11 is 0. The molecule has 5 nitrogen and oxygen atoms in total. The summed E-state index contributed by atoms with van der Waals surface area (Å²) < 4.78 is 27.9. The van der Waals surface area contributed by atoms with Gasteiger partial charge in [0.2, 0.25) is 15.9 Å². The second kappa shape index (κ2) is 8.15. The number of aryl methyl sites for hydroxylation is 2. The third-order valence-electron chi connectivity index (χ3n) is 6.85. The molecule has 1 atom stereocenters. The number of nitrogens with zero attached hydrogens (tertiary/aromatic N) is 2. The van der Waals surface area contributed by atoms with E-state index in [9.17, 15) is 13.2 Å². The Morgan fingerprint density at radius 1 is 0.929 bits per heavy atom. The van der Waals surface area contributed by atoms with Gasteiger partial charge in [-0.25, -0.2) is 8.42 Å². The molecule has 0 radical (unpaired) electrons. The molecule has 1 aliphatic carbocycles. The molecule has 2 aliphatic heterocycles. The van der Waals surface area contributed by atoms with Crippen LogP contribution in [0.15, 0.2) is 23.1 Å². The van der Waals surface area contributed by atoms with Crippen LogP contribution in [0.1, 0.15) is 63.0 Å². The fraction of sp³-hybridized carbons (Fsp3) is 0.682. The first-order chi connectivity index (χ1) is 13.5. The standard InChI is InChI=1S/C22H32N2O3S/c1-17-6-4-5-13-24(17)22(25)19-11-14-23(15-12-19)28(26,27)21-10-9-18-7-2-3-8-20(18)16-21/h9-10,16-17,19H,2-8,11-15H2,1H3. The molecule has 4 rings (SSSR count). The Labute approximate surface area is 169 Å². The van der Waals surface area contributed by atoms with Gasteiger partial charge in [0.05, 0.1) is 4.90 Å². The minimum Gasteiger partial charge on any atom is -0.340 e.